The van der Waals surface area contributed by atoms with Gasteiger partial charge in [-0.1, -0.05) is 34.6 Å². The van der Waals surface area contributed by atoms with Crippen molar-refractivity contribution in [2.24, 2.45) is 17.8 Å². The number of aromatic nitrogens is 2. The summed E-state index contributed by atoms with van der Waals surface area (Å²) < 4.78 is 27.5. The van der Waals surface area contributed by atoms with E-state index < -0.39 is 17.5 Å². The zero-order valence-corrected chi connectivity index (χ0v) is 28.0. The van der Waals surface area contributed by atoms with E-state index in [1.165, 1.54) is 6.07 Å². The number of carbonyl (C=O) groups excluding carboxylic acids is 3. The fourth-order valence-electron chi connectivity index (χ4n) is 6.41. The number of halogens is 1. The van der Waals surface area contributed by atoms with Crippen LogP contribution in [-0.4, -0.2) is 45.7 Å². The van der Waals surface area contributed by atoms with Gasteiger partial charge < -0.3 is 24.5 Å². The van der Waals surface area contributed by atoms with Gasteiger partial charge >= 0.3 is 5.97 Å². The summed E-state index contributed by atoms with van der Waals surface area (Å²) in [6.07, 6.45) is 2.21. The second-order valence-corrected chi connectivity index (χ2v) is 13.3. The number of ether oxygens (including phenoxy) is 2. The quantitative estimate of drug-likeness (QED) is 0.119. The molecule has 3 aromatic rings. The second kappa shape index (κ2) is 13.6. The molecule has 2 aliphatic heterocycles. The lowest BCUT2D eigenvalue weighted by atomic mass is 9.86. The van der Waals surface area contributed by atoms with E-state index >= 15 is 4.39 Å². The van der Waals surface area contributed by atoms with E-state index in [-0.39, 0.29) is 78.8 Å². The molecule has 0 aliphatic carbocycles. The molecule has 10 nitrogen and oxygen atoms in total. The zero-order valence-electron chi connectivity index (χ0n) is 28.0. The summed E-state index contributed by atoms with van der Waals surface area (Å²) in [4.78, 5) is 55.5. The van der Waals surface area contributed by atoms with Crippen molar-refractivity contribution < 1.29 is 33.4 Å². The van der Waals surface area contributed by atoms with Gasteiger partial charge in [0.15, 0.2) is 5.60 Å². The molecule has 0 saturated heterocycles. The van der Waals surface area contributed by atoms with Gasteiger partial charge in [-0.05, 0) is 61.8 Å². The first-order valence-electron chi connectivity index (χ1n) is 16.4. The van der Waals surface area contributed by atoms with Crippen molar-refractivity contribution in [1.29, 1.82) is 0 Å². The summed E-state index contributed by atoms with van der Waals surface area (Å²) in [5.41, 5.74) is 1.85. The number of esters is 1. The molecule has 0 saturated carbocycles. The summed E-state index contributed by atoms with van der Waals surface area (Å²) in [5, 5.41) is 14.6. The lowest BCUT2D eigenvalue weighted by Gasteiger charge is -2.31. The number of aliphatic hydroxyl groups is 1. The Morgan fingerprint density at radius 1 is 1.17 bits per heavy atom. The molecule has 5 rings (SSSR count). The van der Waals surface area contributed by atoms with Crippen LogP contribution in [0.3, 0.4) is 0 Å². The molecular weight excluding hydrogens is 605 g/mol. The van der Waals surface area contributed by atoms with Crippen LogP contribution in [0.2, 0.25) is 0 Å². The van der Waals surface area contributed by atoms with Crippen molar-refractivity contribution in [2.75, 3.05) is 13.3 Å². The minimum Gasteiger partial charge on any atom is -0.458 e. The van der Waals surface area contributed by atoms with E-state index in [0.717, 1.165) is 16.5 Å². The van der Waals surface area contributed by atoms with Crippen LogP contribution in [0.4, 0.5) is 4.39 Å². The largest absolute Gasteiger partial charge is 0.458 e. The third-order valence-electron chi connectivity index (χ3n) is 9.92. The van der Waals surface area contributed by atoms with E-state index in [4.69, 9.17) is 14.5 Å². The smallest absolute Gasteiger partial charge is 0.343 e. The minimum atomic E-state index is -1.92. The Labute approximate surface area is 273 Å². The highest BCUT2D eigenvalue weighted by atomic mass is 19.1. The summed E-state index contributed by atoms with van der Waals surface area (Å²) >= 11 is 0. The standard InChI is InChI=1S/C36H44FN3O7/c1-7-36(45)27-14-30-32-23(16-40(30)34(43)26(27)17-47-35(36)44)13-25-24(22(6)28(37)15-29(25)39-32)10-8-9-11-46-18-38-33(42)20(4)12-31(41)21(5)19(2)3/h13-15,19-21,45H,7-12,16-18H2,1-6H3,(H,38,42)/t20-,21+,36+/m1/s1. The summed E-state index contributed by atoms with van der Waals surface area (Å²) in [7, 11) is 0. The maximum atomic E-state index is 15.2. The molecule has 11 heteroatoms. The number of fused-ring (bicyclic) bond motifs is 5. The van der Waals surface area contributed by atoms with Gasteiger partial charge in [0.25, 0.3) is 5.56 Å². The zero-order chi connectivity index (χ0) is 34.2. The topological polar surface area (TPSA) is 137 Å². The first-order valence-corrected chi connectivity index (χ1v) is 16.4. The Bertz CT molecular complexity index is 1800. The number of amides is 1. The lowest BCUT2D eigenvalue weighted by molar-refractivity contribution is -0.172. The average Bonchev–Trinajstić information content (AvgIpc) is 3.40. The van der Waals surface area contributed by atoms with Crippen LogP contribution in [0, 0.1) is 30.5 Å². The van der Waals surface area contributed by atoms with Crippen LogP contribution in [0.15, 0.2) is 23.0 Å². The van der Waals surface area contributed by atoms with Gasteiger partial charge in [0, 0.05) is 47.4 Å². The monoisotopic (exact) mass is 649 g/mol. The molecule has 0 radical (unpaired) electrons. The molecule has 3 atom stereocenters. The number of cyclic esters (lactones) is 1. The molecule has 1 amide bonds. The van der Waals surface area contributed by atoms with Gasteiger partial charge in [0.1, 0.15) is 24.9 Å². The molecule has 252 valence electrons. The second-order valence-electron chi connectivity index (χ2n) is 13.3. The summed E-state index contributed by atoms with van der Waals surface area (Å²) in [6, 6.07) is 5.00. The van der Waals surface area contributed by atoms with Crippen LogP contribution >= 0.6 is 0 Å². The molecule has 0 bridgehead atoms. The number of nitrogens with one attached hydrogen (secondary N) is 1. The van der Waals surface area contributed by atoms with Gasteiger partial charge in [-0.25, -0.2) is 14.2 Å². The average molecular weight is 650 g/mol. The van der Waals surface area contributed by atoms with E-state index in [2.05, 4.69) is 5.32 Å². The Hall–Kier alpha value is -3.96. The number of Topliss-reactive ketones (excluding diaryl/α,β-unsaturated/α-hetero) is 1. The fourth-order valence-corrected chi connectivity index (χ4v) is 6.41. The molecular formula is C36H44FN3O7. The molecule has 1 aromatic carbocycles. The molecule has 47 heavy (non-hydrogen) atoms. The number of carbonyl (C=O) groups is 3. The highest BCUT2D eigenvalue weighted by Gasteiger charge is 2.45. The third-order valence-corrected chi connectivity index (χ3v) is 9.92. The van der Waals surface area contributed by atoms with Crippen LogP contribution in [0.5, 0.6) is 0 Å². The van der Waals surface area contributed by atoms with Crippen LogP contribution in [0.25, 0.3) is 22.3 Å². The number of hydrogen-bond acceptors (Lipinski definition) is 8. The van der Waals surface area contributed by atoms with Crippen molar-refractivity contribution >= 4 is 28.6 Å². The molecule has 2 N–H and O–H groups in total. The van der Waals surface area contributed by atoms with Crippen molar-refractivity contribution in [3.05, 3.63) is 62.2 Å². The van der Waals surface area contributed by atoms with Crippen molar-refractivity contribution in [2.45, 2.75) is 92.4 Å². The van der Waals surface area contributed by atoms with Gasteiger partial charge in [-0.2, -0.15) is 0 Å². The van der Waals surface area contributed by atoms with Gasteiger partial charge in [0.2, 0.25) is 5.91 Å². The number of aryl methyl sites for hydroxylation is 1. The molecule has 0 fully saturated rings. The number of benzene rings is 1. The van der Waals surface area contributed by atoms with Crippen LogP contribution < -0.4 is 10.9 Å². The minimum absolute atomic E-state index is 0.0482. The summed E-state index contributed by atoms with van der Waals surface area (Å²) in [5.74, 6) is -1.58. The molecule has 2 aliphatic rings. The van der Waals surface area contributed by atoms with Gasteiger partial charge in [-0.3, -0.25) is 14.4 Å². The Morgan fingerprint density at radius 3 is 2.62 bits per heavy atom. The van der Waals surface area contributed by atoms with E-state index in [1.54, 1.807) is 31.4 Å². The number of rotatable bonds is 13. The molecule has 2 aromatic heterocycles. The van der Waals surface area contributed by atoms with Crippen molar-refractivity contribution in [3.8, 4) is 11.4 Å². The first-order chi connectivity index (χ1) is 22.3. The first kappa shape index (κ1) is 34.4. The SMILES string of the molecule is CC[C@@]1(O)C(=O)OCc2c1cc1n(c2=O)Cc2cc3c(CCCCOCNC(=O)[C@H](C)CC(=O)[C@@H](C)C(C)C)c(C)c(F)cc3nc2-1. The fraction of sp³-hybridized carbons (Fsp3) is 0.528. The highest BCUT2D eigenvalue weighted by molar-refractivity contribution is 5.89. The van der Waals surface area contributed by atoms with Crippen LogP contribution in [0.1, 0.15) is 88.1 Å². The molecule has 4 heterocycles. The predicted molar refractivity (Wildman–Crippen MR) is 174 cm³/mol. The van der Waals surface area contributed by atoms with Crippen molar-refractivity contribution in [3.63, 3.8) is 0 Å². The van der Waals surface area contributed by atoms with E-state index in [1.807, 2.05) is 26.8 Å². The Balaban J connectivity index is 1.24. The number of ketones is 1. The number of pyridine rings is 2. The molecule has 0 unspecified atom stereocenters. The number of unbranched alkanes of at least 4 members (excludes halogenated alkanes) is 1. The summed E-state index contributed by atoms with van der Waals surface area (Å²) in [6.45, 7) is 11.5. The molecule has 0 spiro atoms. The van der Waals surface area contributed by atoms with Gasteiger partial charge in [0.05, 0.1) is 29.0 Å². The Morgan fingerprint density at radius 2 is 1.91 bits per heavy atom. The number of hydrogen-bond donors (Lipinski definition) is 2. The van der Waals surface area contributed by atoms with Gasteiger partial charge in [-0.15, -0.1) is 0 Å². The van der Waals surface area contributed by atoms with E-state index in [0.29, 0.717) is 48.3 Å². The van der Waals surface area contributed by atoms with Crippen LogP contribution in [-0.2, 0) is 49.0 Å². The lowest BCUT2D eigenvalue weighted by Crippen LogP contribution is -2.44. The maximum Gasteiger partial charge on any atom is 0.343 e. The van der Waals surface area contributed by atoms with E-state index in [9.17, 15) is 24.3 Å². The third kappa shape index (κ3) is 6.47. The van der Waals surface area contributed by atoms with Crippen molar-refractivity contribution in [1.82, 2.24) is 14.9 Å². The maximum absolute atomic E-state index is 15.2. The normalized spacial score (nSPS) is 18.0. The Kier molecular flexibility index (Phi) is 9.98. The number of nitrogens with zero attached hydrogens (tertiary/aromatic N) is 2. The predicted octanol–water partition coefficient (Wildman–Crippen LogP) is 4.83. The highest BCUT2D eigenvalue weighted by Crippen LogP contribution is 2.39.